The molecule has 0 spiro atoms. The predicted octanol–water partition coefficient (Wildman–Crippen LogP) is 3.35. The lowest BCUT2D eigenvalue weighted by Gasteiger charge is -2.11. The van der Waals surface area contributed by atoms with Gasteiger partial charge in [0.1, 0.15) is 0 Å². The van der Waals surface area contributed by atoms with E-state index >= 15 is 0 Å². The fourth-order valence-corrected chi connectivity index (χ4v) is 1.78. The van der Waals surface area contributed by atoms with Crippen LogP contribution >= 0.6 is 0 Å². The zero-order valence-corrected chi connectivity index (χ0v) is 7.38. The molecule has 13 heavy (non-hydrogen) atoms. The highest BCUT2D eigenvalue weighted by Gasteiger charge is 2.10. The second-order valence-electron chi connectivity index (χ2n) is 3.54. The highest BCUT2D eigenvalue weighted by atomic mass is 14.7. The molecule has 0 aliphatic heterocycles. The molecule has 0 radical (unpaired) electrons. The van der Waals surface area contributed by atoms with Gasteiger partial charge in [0, 0.05) is 11.2 Å². The lowest BCUT2D eigenvalue weighted by atomic mass is 9.96. The number of rotatable bonds is 1. The first-order valence-corrected chi connectivity index (χ1v) is 4.71. The summed E-state index contributed by atoms with van der Waals surface area (Å²) in [6, 6.07) is 10.7. The summed E-state index contributed by atoms with van der Waals surface area (Å²) in [4.78, 5) is 3.43. The second kappa shape index (κ2) is 2.49. The minimum atomic E-state index is 1.23. The number of hydrogen-bond acceptors (Lipinski definition) is 0. The number of H-pyrrole nitrogens is 1. The number of aromatic amines is 1. The van der Waals surface area contributed by atoms with Crippen molar-refractivity contribution in [3.05, 3.63) is 42.1 Å². The largest absolute Gasteiger partial charge is 0.355 e. The van der Waals surface area contributed by atoms with E-state index in [0.717, 1.165) is 0 Å². The van der Waals surface area contributed by atoms with Crippen molar-refractivity contribution in [2.45, 2.75) is 12.8 Å². The van der Waals surface area contributed by atoms with E-state index in [4.69, 9.17) is 0 Å². The first kappa shape index (κ1) is 6.96. The molecule has 1 aliphatic carbocycles. The third-order valence-corrected chi connectivity index (χ3v) is 2.68. The number of aromatic nitrogens is 1. The summed E-state index contributed by atoms with van der Waals surface area (Å²) >= 11 is 0. The van der Waals surface area contributed by atoms with Crippen molar-refractivity contribution >= 4 is 16.5 Å². The van der Waals surface area contributed by atoms with Gasteiger partial charge < -0.3 is 4.98 Å². The molecule has 3 rings (SSSR count). The lowest BCUT2D eigenvalue weighted by Crippen LogP contribution is -1.92. The monoisotopic (exact) mass is 169 g/mol. The SMILES string of the molecule is C1=C(c2cc3ccccc3[nH]2)CC1. The van der Waals surface area contributed by atoms with Crippen LogP contribution in [0.2, 0.25) is 0 Å². The Bertz CT molecular complexity index is 444. The van der Waals surface area contributed by atoms with E-state index in [-0.39, 0.29) is 0 Å². The summed E-state index contributed by atoms with van der Waals surface area (Å²) in [5, 5.41) is 1.31. The molecular formula is C12H11N. The lowest BCUT2D eigenvalue weighted by molar-refractivity contribution is 0.979. The Morgan fingerprint density at radius 3 is 2.69 bits per heavy atom. The zero-order valence-electron chi connectivity index (χ0n) is 7.38. The van der Waals surface area contributed by atoms with Gasteiger partial charge in [-0.2, -0.15) is 0 Å². The Balaban J connectivity index is 2.21. The average Bonchev–Trinajstić information content (AvgIpc) is 2.43. The van der Waals surface area contributed by atoms with Crippen LogP contribution in [-0.2, 0) is 0 Å². The van der Waals surface area contributed by atoms with Crippen molar-refractivity contribution in [2.75, 3.05) is 0 Å². The van der Waals surface area contributed by atoms with Gasteiger partial charge in [-0.05, 0) is 35.9 Å². The van der Waals surface area contributed by atoms with Crippen LogP contribution in [0.1, 0.15) is 18.5 Å². The fourth-order valence-electron chi connectivity index (χ4n) is 1.78. The van der Waals surface area contributed by atoms with E-state index in [0.29, 0.717) is 0 Å². The molecule has 0 bridgehead atoms. The van der Waals surface area contributed by atoms with E-state index in [2.05, 4.69) is 41.4 Å². The molecule has 0 amide bonds. The standard InChI is InChI=1S/C12H11N/c1-2-7-11-10(4-1)8-12(13-11)9-5-3-6-9/h1-2,4-5,7-8,13H,3,6H2. The molecule has 0 saturated heterocycles. The summed E-state index contributed by atoms with van der Waals surface area (Å²) in [6.45, 7) is 0. The quantitative estimate of drug-likeness (QED) is 0.673. The van der Waals surface area contributed by atoms with Gasteiger partial charge in [0.2, 0.25) is 0 Å². The van der Waals surface area contributed by atoms with Crippen molar-refractivity contribution in [1.29, 1.82) is 0 Å². The van der Waals surface area contributed by atoms with Crippen LogP contribution < -0.4 is 0 Å². The normalized spacial score (nSPS) is 15.5. The van der Waals surface area contributed by atoms with E-state index in [1.807, 2.05) is 0 Å². The maximum atomic E-state index is 3.43. The molecule has 1 aromatic carbocycles. The Hall–Kier alpha value is -1.50. The molecule has 2 aromatic rings. The summed E-state index contributed by atoms with van der Waals surface area (Å²) in [7, 11) is 0. The molecule has 0 atom stereocenters. The molecular weight excluding hydrogens is 158 g/mol. The zero-order chi connectivity index (χ0) is 8.67. The highest BCUT2D eigenvalue weighted by Crippen LogP contribution is 2.30. The van der Waals surface area contributed by atoms with Gasteiger partial charge in [0.05, 0.1) is 0 Å². The molecule has 0 saturated carbocycles. The van der Waals surface area contributed by atoms with Crippen molar-refractivity contribution in [2.24, 2.45) is 0 Å². The number of benzene rings is 1. The Labute approximate surface area is 77.1 Å². The Morgan fingerprint density at radius 1 is 1.15 bits per heavy atom. The van der Waals surface area contributed by atoms with Gasteiger partial charge >= 0.3 is 0 Å². The van der Waals surface area contributed by atoms with Crippen LogP contribution in [0.3, 0.4) is 0 Å². The van der Waals surface area contributed by atoms with Gasteiger partial charge in [-0.25, -0.2) is 0 Å². The number of nitrogens with one attached hydrogen (secondary N) is 1. The topological polar surface area (TPSA) is 15.8 Å². The minimum absolute atomic E-state index is 1.23. The number of fused-ring (bicyclic) bond motifs is 1. The first-order chi connectivity index (χ1) is 6.43. The van der Waals surface area contributed by atoms with Crippen molar-refractivity contribution in [1.82, 2.24) is 4.98 Å². The number of allylic oxidation sites excluding steroid dienone is 2. The molecule has 1 heteroatoms. The maximum absolute atomic E-state index is 3.43. The summed E-state index contributed by atoms with van der Waals surface area (Å²) in [5.74, 6) is 0. The molecule has 0 unspecified atom stereocenters. The van der Waals surface area contributed by atoms with E-state index in [9.17, 15) is 0 Å². The Kier molecular flexibility index (Phi) is 1.33. The van der Waals surface area contributed by atoms with Crippen LogP contribution in [0.25, 0.3) is 16.5 Å². The average molecular weight is 169 g/mol. The highest BCUT2D eigenvalue weighted by molar-refractivity contribution is 5.85. The van der Waals surface area contributed by atoms with Crippen molar-refractivity contribution < 1.29 is 0 Å². The predicted molar refractivity (Wildman–Crippen MR) is 55.5 cm³/mol. The van der Waals surface area contributed by atoms with Crippen LogP contribution in [0.15, 0.2) is 36.4 Å². The Morgan fingerprint density at radius 2 is 2.00 bits per heavy atom. The van der Waals surface area contributed by atoms with Gasteiger partial charge in [0.15, 0.2) is 0 Å². The van der Waals surface area contributed by atoms with E-state index in [1.54, 1.807) is 0 Å². The summed E-state index contributed by atoms with van der Waals surface area (Å²) < 4.78 is 0. The number of hydrogen-bond donors (Lipinski definition) is 1. The molecule has 0 fully saturated rings. The van der Waals surface area contributed by atoms with Crippen LogP contribution in [0.4, 0.5) is 0 Å². The third kappa shape index (κ3) is 1.00. The van der Waals surface area contributed by atoms with Gasteiger partial charge in [-0.3, -0.25) is 0 Å². The fraction of sp³-hybridized carbons (Fsp3) is 0.167. The van der Waals surface area contributed by atoms with E-state index < -0.39 is 0 Å². The molecule has 1 nitrogen and oxygen atoms in total. The molecule has 1 aromatic heterocycles. The summed E-state index contributed by atoms with van der Waals surface area (Å²) in [6.07, 6.45) is 4.77. The third-order valence-electron chi connectivity index (χ3n) is 2.68. The van der Waals surface area contributed by atoms with E-state index in [1.165, 1.54) is 35.0 Å². The molecule has 1 aliphatic rings. The molecule has 1 heterocycles. The van der Waals surface area contributed by atoms with Crippen LogP contribution in [-0.4, -0.2) is 4.98 Å². The van der Waals surface area contributed by atoms with Crippen molar-refractivity contribution in [3.63, 3.8) is 0 Å². The maximum Gasteiger partial charge on any atom is 0.0458 e. The molecule has 1 N–H and O–H groups in total. The number of para-hydroxylation sites is 1. The van der Waals surface area contributed by atoms with Gasteiger partial charge in [0.25, 0.3) is 0 Å². The van der Waals surface area contributed by atoms with Crippen LogP contribution in [0, 0.1) is 0 Å². The smallest absolute Gasteiger partial charge is 0.0458 e. The van der Waals surface area contributed by atoms with Gasteiger partial charge in [-0.15, -0.1) is 0 Å². The second-order valence-corrected chi connectivity index (χ2v) is 3.54. The van der Waals surface area contributed by atoms with Crippen molar-refractivity contribution in [3.8, 4) is 0 Å². The summed E-state index contributed by atoms with van der Waals surface area (Å²) in [5.41, 5.74) is 4.01. The van der Waals surface area contributed by atoms with Crippen LogP contribution in [0.5, 0.6) is 0 Å². The molecule has 64 valence electrons. The first-order valence-electron chi connectivity index (χ1n) is 4.71. The van der Waals surface area contributed by atoms with Gasteiger partial charge in [-0.1, -0.05) is 24.3 Å². The minimum Gasteiger partial charge on any atom is -0.355 e.